The highest BCUT2D eigenvalue weighted by atomic mass is 79.9. The van der Waals surface area contributed by atoms with Gasteiger partial charge in [-0.3, -0.25) is 9.59 Å². The Morgan fingerprint density at radius 3 is 2.76 bits per heavy atom. The average Bonchev–Trinajstić information content (AvgIpc) is 2.60. The summed E-state index contributed by atoms with van der Waals surface area (Å²) in [5.74, 6) is -0.245. The second-order valence-electron chi connectivity index (χ2n) is 4.84. The van der Waals surface area contributed by atoms with Crippen molar-refractivity contribution in [2.75, 3.05) is 13.7 Å². The molecule has 0 atom stereocenters. The van der Waals surface area contributed by atoms with Gasteiger partial charge in [-0.15, -0.1) is 0 Å². The summed E-state index contributed by atoms with van der Waals surface area (Å²) >= 11 is 9.20. The Morgan fingerprint density at radius 1 is 1.28 bits per heavy atom. The van der Waals surface area contributed by atoms with Crippen LogP contribution in [0.15, 0.2) is 52.0 Å². The maximum Gasteiger partial charge on any atom is 0.259 e. The van der Waals surface area contributed by atoms with Crippen LogP contribution in [0.3, 0.4) is 0 Å². The van der Waals surface area contributed by atoms with Gasteiger partial charge >= 0.3 is 0 Å². The molecule has 130 valence electrons. The molecule has 2 amide bonds. The van der Waals surface area contributed by atoms with E-state index in [9.17, 15) is 9.59 Å². The SMILES string of the molecule is COc1ccc(Cl)cc1C=NNC(=O)CNC(=O)c1ccccc1Br. The molecule has 2 aromatic carbocycles. The summed E-state index contributed by atoms with van der Waals surface area (Å²) in [7, 11) is 1.52. The van der Waals surface area contributed by atoms with Gasteiger partial charge < -0.3 is 10.1 Å². The Kier molecular flexibility index (Phi) is 6.97. The van der Waals surface area contributed by atoms with E-state index in [2.05, 4.69) is 31.8 Å². The first-order valence-electron chi connectivity index (χ1n) is 7.19. The normalized spacial score (nSPS) is 10.5. The van der Waals surface area contributed by atoms with Gasteiger partial charge in [0.25, 0.3) is 11.8 Å². The zero-order chi connectivity index (χ0) is 18.2. The number of nitrogens with one attached hydrogen (secondary N) is 2. The fourth-order valence-electron chi connectivity index (χ4n) is 1.92. The molecule has 0 aliphatic carbocycles. The lowest BCUT2D eigenvalue weighted by atomic mass is 10.2. The van der Waals surface area contributed by atoms with Gasteiger partial charge in [0.05, 0.1) is 25.4 Å². The molecule has 2 rings (SSSR count). The molecule has 0 aromatic heterocycles. The summed E-state index contributed by atoms with van der Waals surface area (Å²) in [6.45, 7) is -0.204. The second-order valence-corrected chi connectivity index (χ2v) is 6.13. The number of carbonyl (C=O) groups excluding carboxylic acids is 2. The van der Waals surface area contributed by atoms with Gasteiger partial charge in [0, 0.05) is 15.1 Å². The van der Waals surface area contributed by atoms with Crippen molar-refractivity contribution in [3.8, 4) is 5.75 Å². The van der Waals surface area contributed by atoms with Crippen LogP contribution in [-0.4, -0.2) is 31.7 Å². The van der Waals surface area contributed by atoms with Gasteiger partial charge in [-0.05, 0) is 46.3 Å². The molecule has 6 nitrogen and oxygen atoms in total. The van der Waals surface area contributed by atoms with Crippen molar-refractivity contribution in [3.05, 3.63) is 63.1 Å². The number of benzene rings is 2. The fourth-order valence-corrected chi connectivity index (χ4v) is 2.57. The van der Waals surface area contributed by atoms with E-state index in [0.29, 0.717) is 26.4 Å². The number of halogens is 2. The molecule has 25 heavy (non-hydrogen) atoms. The van der Waals surface area contributed by atoms with E-state index in [0.717, 1.165) is 0 Å². The minimum absolute atomic E-state index is 0.204. The third-order valence-electron chi connectivity index (χ3n) is 3.11. The van der Waals surface area contributed by atoms with E-state index in [4.69, 9.17) is 16.3 Å². The molecular formula is C17H15BrClN3O3. The van der Waals surface area contributed by atoms with Crippen LogP contribution in [0, 0.1) is 0 Å². The van der Waals surface area contributed by atoms with Crippen molar-refractivity contribution in [1.29, 1.82) is 0 Å². The lowest BCUT2D eigenvalue weighted by Gasteiger charge is -2.06. The minimum atomic E-state index is -0.461. The number of nitrogens with zero attached hydrogens (tertiary/aromatic N) is 1. The average molecular weight is 425 g/mol. The Bertz CT molecular complexity index is 811. The van der Waals surface area contributed by atoms with Crippen molar-refractivity contribution in [3.63, 3.8) is 0 Å². The fraction of sp³-hybridized carbons (Fsp3) is 0.118. The maximum absolute atomic E-state index is 12.0. The summed E-state index contributed by atoms with van der Waals surface area (Å²) in [5.41, 5.74) is 3.39. The number of carbonyl (C=O) groups is 2. The quantitative estimate of drug-likeness (QED) is 0.553. The van der Waals surface area contributed by atoms with Gasteiger partial charge in [0.2, 0.25) is 0 Å². The number of ether oxygens (including phenoxy) is 1. The van der Waals surface area contributed by atoms with Crippen LogP contribution in [-0.2, 0) is 4.79 Å². The van der Waals surface area contributed by atoms with Crippen LogP contribution < -0.4 is 15.5 Å². The van der Waals surface area contributed by atoms with Crippen molar-refractivity contribution in [2.24, 2.45) is 5.10 Å². The topological polar surface area (TPSA) is 79.8 Å². The lowest BCUT2D eigenvalue weighted by Crippen LogP contribution is -2.35. The van der Waals surface area contributed by atoms with Gasteiger partial charge in [-0.25, -0.2) is 5.43 Å². The number of hydrogen-bond acceptors (Lipinski definition) is 4. The van der Waals surface area contributed by atoms with Crippen LogP contribution >= 0.6 is 27.5 Å². The summed E-state index contributed by atoms with van der Waals surface area (Å²) in [6.07, 6.45) is 1.41. The first-order chi connectivity index (χ1) is 12.0. The smallest absolute Gasteiger partial charge is 0.259 e. The van der Waals surface area contributed by atoms with E-state index in [-0.39, 0.29) is 12.5 Å². The molecule has 0 saturated heterocycles. The zero-order valence-corrected chi connectivity index (χ0v) is 15.6. The van der Waals surface area contributed by atoms with Crippen LogP contribution in [0.25, 0.3) is 0 Å². The van der Waals surface area contributed by atoms with Crippen molar-refractivity contribution in [2.45, 2.75) is 0 Å². The standard InChI is InChI=1S/C17H15BrClN3O3/c1-25-15-7-6-12(19)8-11(15)9-21-22-16(23)10-20-17(24)13-4-2-3-5-14(13)18/h2-9H,10H2,1H3,(H,20,24)(H,22,23). The number of methoxy groups -OCH3 is 1. The zero-order valence-electron chi connectivity index (χ0n) is 13.3. The number of amides is 2. The molecule has 8 heteroatoms. The van der Waals surface area contributed by atoms with E-state index in [1.807, 2.05) is 0 Å². The Hall–Kier alpha value is -2.38. The number of hydrogen-bond donors (Lipinski definition) is 2. The molecule has 0 unspecified atom stereocenters. The highest BCUT2D eigenvalue weighted by Gasteiger charge is 2.10. The second kappa shape index (κ2) is 9.19. The van der Waals surface area contributed by atoms with Gasteiger partial charge in [-0.2, -0.15) is 5.10 Å². The van der Waals surface area contributed by atoms with Gasteiger partial charge in [0.15, 0.2) is 0 Å². The van der Waals surface area contributed by atoms with Gasteiger partial charge in [-0.1, -0.05) is 23.7 Å². The third-order valence-corrected chi connectivity index (χ3v) is 4.04. The molecule has 2 N–H and O–H groups in total. The first-order valence-corrected chi connectivity index (χ1v) is 8.36. The Morgan fingerprint density at radius 2 is 2.04 bits per heavy atom. The van der Waals surface area contributed by atoms with E-state index in [1.54, 1.807) is 42.5 Å². The predicted molar refractivity (Wildman–Crippen MR) is 100 cm³/mol. The van der Waals surface area contributed by atoms with Crippen molar-refractivity contribution < 1.29 is 14.3 Å². The molecule has 0 fully saturated rings. The highest BCUT2D eigenvalue weighted by molar-refractivity contribution is 9.10. The molecular weight excluding hydrogens is 410 g/mol. The van der Waals surface area contributed by atoms with Gasteiger partial charge in [0.1, 0.15) is 5.75 Å². The molecule has 0 heterocycles. The van der Waals surface area contributed by atoms with Crippen molar-refractivity contribution >= 4 is 45.6 Å². The number of rotatable bonds is 6. The first kappa shape index (κ1) is 19.0. The molecule has 0 radical (unpaired) electrons. The van der Waals surface area contributed by atoms with Crippen molar-refractivity contribution in [1.82, 2.24) is 10.7 Å². The summed E-state index contributed by atoms with van der Waals surface area (Å²) < 4.78 is 5.82. The van der Waals surface area contributed by atoms with Crippen LogP contribution in [0.4, 0.5) is 0 Å². The summed E-state index contributed by atoms with van der Waals surface area (Å²) in [5, 5.41) is 6.88. The Balaban J connectivity index is 1.88. The van der Waals surface area contributed by atoms with E-state index >= 15 is 0 Å². The molecule has 2 aromatic rings. The molecule has 0 saturated carbocycles. The molecule has 0 bridgehead atoms. The molecule has 0 aliphatic rings. The van der Waals surface area contributed by atoms with Crippen LogP contribution in [0.2, 0.25) is 5.02 Å². The third kappa shape index (κ3) is 5.58. The van der Waals surface area contributed by atoms with E-state index < -0.39 is 5.91 Å². The number of hydrazone groups is 1. The Labute approximate surface area is 158 Å². The van der Waals surface area contributed by atoms with Crippen LogP contribution in [0.1, 0.15) is 15.9 Å². The minimum Gasteiger partial charge on any atom is -0.496 e. The predicted octanol–water partition coefficient (Wildman–Crippen LogP) is 2.99. The largest absolute Gasteiger partial charge is 0.496 e. The maximum atomic E-state index is 12.0. The summed E-state index contributed by atoms with van der Waals surface area (Å²) in [6, 6.07) is 12.0. The molecule has 0 aliphatic heterocycles. The molecule has 0 spiro atoms. The lowest BCUT2D eigenvalue weighted by molar-refractivity contribution is -0.120. The van der Waals surface area contributed by atoms with E-state index in [1.165, 1.54) is 13.3 Å². The highest BCUT2D eigenvalue weighted by Crippen LogP contribution is 2.20. The van der Waals surface area contributed by atoms with Crippen LogP contribution in [0.5, 0.6) is 5.75 Å². The monoisotopic (exact) mass is 423 g/mol. The summed E-state index contributed by atoms with van der Waals surface area (Å²) in [4.78, 5) is 23.8.